The van der Waals surface area contributed by atoms with E-state index in [1.807, 2.05) is 91.0 Å². The molecule has 2 N–H and O–H groups in total. The fourth-order valence-corrected chi connectivity index (χ4v) is 3.77. The Hall–Kier alpha value is -4.68. The van der Waals surface area contributed by atoms with Crippen LogP contribution in [0.4, 0.5) is 0 Å². The van der Waals surface area contributed by atoms with Crippen LogP contribution in [-0.2, 0) is 0 Å². The van der Waals surface area contributed by atoms with Crippen LogP contribution < -0.4 is 18.9 Å². The molecular weight excluding hydrogens is 480 g/mol. The van der Waals surface area contributed by atoms with Crippen LogP contribution in [0.3, 0.4) is 0 Å². The number of aliphatic hydroxyl groups excluding tert-OH is 2. The number of hydrogen-bond acceptors (Lipinski definition) is 6. The number of rotatable bonds is 10. The second-order valence-corrected chi connectivity index (χ2v) is 8.36. The van der Waals surface area contributed by atoms with Gasteiger partial charge in [-0.3, -0.25) is 0 Å². The van der Waals surface area contributed by atoms with Crippen LogP contribution in [0.2, 0.25) is 0 Å². The third-order valence-electron chi connectivity index (χ3n) is 5.58. The van der Waals surface area contributed by atoms with E-state index in [9.17, 15) is 5.11 Å². The zero-order valence-corrected chi connectivity index (χ0v) is 20.9. The quantitative estimate of drug-likeness (QED) is 0.157. The molecule has 0 spiro atoms. The summed E-state index contributed by atoms with van der Waals surface area (Å²) in [7, 11) is 0. The van der Waals surface area contributed by atoms with Crippen molar-refractivity contribution in [3.05, 3.63) is 122 Å². The molecule has 0 amide bonds. The van der Waals surface area contributed by atoms with Crippen molar-refractivity contribution in [1.29, 1.82) is 0 Å². The van der Waals surface area contributed by atoms with Gasteiger partial charge in [-0.15, -0.1) is 0 Å². The van der Waals surface area contributed by atoms with Crippen molar-refractivity contribution < 1.29 is 29.2 Å². The minimum absolute atomic E-state index is 0.0734. The molecule has 0 saturated carbocycles. The first-order valence-corrected chi connectivity index (χ1v) is 12.2. The van der Waals surface area contributed by atoms with Crippen molar-refractivity contribution in [3.63, 3.8) is 0 Å². The summed E-state index contributed by atoms with van der Waals surface area (Å²) in [5.41, 5.74) is 0. The first-order chi connectivity index (χ1) is 18.6. The van der Waals surface area contributed by atoms with Gasteiger partial charge in [0, 0.05) is 6.07 Å². The highest BCUT2D eigenvalue weighted by molar-refractivity contribution is 5.84. The van der Waals surface area contributed by atoms with Gasteiger partial charge >= 0.3 is 0 Å². The topological polar surface area (TPSA) is 77.4 Å². The summed E-state index contributed by atoms with van der Waals surface area (Å²) in [6, 6.07) is 35.2. The highest BCUT2D eigenvalue weighted by atomic mass is 16.7. The summed E-state index contributed by atoms with van der Waals surface area (Å²) in [5, 5.41) is 22.1. The molecule has 194 valence electrons. The molecule has 38 heavy (non-hydrogen) atoms. The van der Waals surface area contributed by atoms with Gasteiger partial charge in [0.15, 0.2) is 0 Å². The average molecular weight is 511 g/mol. The van der Waals surface area contributed by atoms with Gasteiger partial charge in [0.1, 0.15) is 42.3 Å². The molecule has 0 aromatic heterocycles. The fraction of sp³-hybridized carbons (Fsp3) is 0.125. The number of aliphatic hydroxyl groups is 2. The summed E-state index contributed by atoms with van der Waals surface area (Å²) in [5.74, 6) is 2.67. The Bertz CT molecular complexity index is 1470. The van der Waals surface area contributed by atoms with E-state index >= 15 is 0 Å². The first kappa shape index (κ1) is 26.4. The predicted molar refractivity (Wildman–Crippen MR) is 150 cm³/mol. The molecule has 0 bridgehead atoms. The van der Waals surface area contributed by atoms with E-state index in [1.54, 1.807) is 6.07 Å². The Kier molecular flexibility index (Phi) is 9.43. The number of ether oxygens (including phenoxy) is 4. The summed E-state index contributed by atoms with van der Waals surface area (Å²) in [6.45, 7) is 3.22. The highest BCUT2D eigenvalue weighted by Crippen LogP contribution is 2.23. The standard InChI is InChI=1S/C30H26O5.C2H4O/c31-26(20-33-29-14-12-22-6-1-3-8-24(22)16-29)19-32-27-10-5-11-28(18-27)34-21-35-30-15-13-23-7-2-4-9-25(23)17-30;1-2-3/h1-18,26,31H,19-21H2;2-3H,1H2. The van der Waals surface area contributed by atoms with Crippen LogP contribution >= 0.6 is 0 Å². The van der Waals surface area contributed by atoms with Gasteiger partial charge in [-0.25, -0.2) is 0 Å². The van der Waals surface area contributed by atoms with Crippen molar-refractivity contribution >= 4 is 21.5 Å². The lowest BCUT2D eigenvalue weighted by atomic mass is 10.1. The first-order valence-electron chi connectivity index (χ1n) is 12.2. The van der Waals surface area contributed by atoms with Crippen LogP contribution in [0.1, 0.15) is 0 Å². The van der Waals surface area contributed by atoms with Gasteiger partial charge in [-0.05, 0) is 57.9 Å². The largest absolute Gasteiger partial charge is 0.516 e. The molecular formula is C32H30O6. The summed E-state index contributed by atoms with van der Waals surface area (Å²) in [6.07, 6.45) is -0.0257. The summed E-state index contributed by atoms with van der Waals surface area (Å²) < 4.78 is 22.9. The van der Waals surface area contributed by atoms with E-state index in [0.29, 0.717) is 17.2 Å². The molecule has 6 heteroatoms. The average Bonchev–Trinajstić information content (AvgIpc) is 2.95. The molecule has 0 heterocycles. The van der Waals surface area contributed by atoms with Gasteiger partial charge in [0.05, 0.1) is 6.26 Å². The van der Waals surface area contributed by atoms with Crippen LogP contribution in [0, 0.1) is 0 Å². The summed E-state index contributed by atoms with van der Waals surface area (Å²) >= 11 is 0. The van der Waals surface area contributed by atoms with Gasteiger partial charge < -0.3 is 29.2 Å². The van der Waals surface area contributed by atoms with Crippen molar-refractivity contribution in [2.45, 2.75) is 6.10 Å². The Labute approximate surface area is 221 Å². The molecule has 0 aliphatic carbocycles. The lowest BCUT2D eigenvalue weighted by Gasteiger charge is -2.15. The third-order valence-corrected chi connectivity index (χ3v) is 5.58. The second kappa shape index (κ2) is 13.6. The Morgan fingerprint density at radius 1 is 0.553 bits per heavy atom. The molecule has 6 nitrogen and oxygen atoms in total. The molecule has 0 saturated heterocycles. The van der Waals surface area contributed by atoms with Crippen molar-refractivity contribution in [2.75, 3.05) is 20.0 Å². The lowest BCUT2D eigenvalue weighted by molar-refractivity contribution is 0.0624. The minimum Gasteiger partial charge on any atom is -0.516 e. The maximum Gasteiger partial charge on any atom is 0.230 e. The molecule has 0 fully saturated rings. The third kappa shape index (κ3) is 7.66. The second-order valence-electron chi connectivity index (χ2n) is 8.36. The maximum absolute atomic E-state index is 10.3. The lowest BCUT2D eigenvalue weighted by Crippen LogP contribution is -2.25. The normalized spacial score (nSPS) is 11.2. The Morgan fingerprint density at radius 2 is 0.974 bits per heavy atom. The van der Waals surface area contributed by atoms with Crippen LogP contribution in [-0.4, -0.2) is 36.3 Å². The monoisotopic (exact) mass is 510 g/mol. The molecule has 5 aromatic rings. The number of fused-ring (bicyclic) bond motifs is 2. The van der Waals surface area contributed by atoms with E-state index in [-0.39, 0.29) is 20.0 Å². The SMILES string of the molecule is C=CO.OC(COc1cccc(OCOc2ccc3ccccc3c2)c1)COc1ccc2ccccc2c1. The molecule has 5 rings (SSSR count). The highest BCUT2D eigenvalue weighted by Gasteiger charge is 2.08. The van der Waals surface area contributed by atoms with E-state index in [1.165, 1.54) is 0 Å². The number of benzene rings is 5. The molecule has 1 atom stereocenters. The van der Waals surface area contributed by atoms with Crippen LogP contribution in [0.25, 0.3) is 21.5 Å². The fourth-order valence-electron chi connectivity index (χ4n) is 3.77. The van der Waals surface area contributed by atoms with Crippen molar-refractivity contribution in [2.24, 2.45) is 0 Å². The van der Waals surface area contributed by atoms with Crippen molar-refractivity contribution in [1.82, 2.24) is 0 Å². The molecule has 0 aliphatic rings. The zero-order valence-electron chi connectivity index (χ0n) is 20.9. The predicted octanol–water partition coefficient (Wildman–Crippen LogP) is 6.91. The smallest absolute Gasteiger partial charge is 0.230 e. The van der Waals surface area contributed by atoms with E-state index in [4.69, 9.17) is 24.1 Å². The molecule has 5 aromatic carbocycles. The maximum atomic E-state index is 10.3. The van der Waals surface area contributed by atoms with Gasteiger partial charge in [0.25, 0.3) is 0 Å². The Balaban J connectivity index is 0.00000107. The summed E-state index contributed by atoms with van der Waals surface area (Å²) in [4.78, 5) is 0. The number of hydrogen-bond donors (Lipinski definition) is 2. The minimum atomic E-state index is -0.776. The van der Waals surface area contributed by atoms with Crippen LogP contribution in [0.15, 0.2) is 122 Å². The zero-order chi connectivity index (χ0) is 26.6. The molecule has 1 unspecified atom stereocenters. The molecule has 0 radical (unpaired) electrons. The van der Waals surface area contributed by atoms with E-state index in [0.717, 1.165) is 33.6 Å². The van der Waals surface area contributed by atoms with Gasteiger partial charge in [-0.2, -0.15) is 0 Å². The van der Waals surface area contributed by atoms with E-state index in [2.05, 4.69) is 18.7 Å². The van der Waals surface area contributed by atoms with Crippen molar-refractivity contribution in [3.8, 4) is 23.0 Å². The van der Waals surface area contributed by atoms with Gasteiger partial charge in [-0.1, -0.05) is 73.3 Å². The molecule has 0 aliphatic heterocycles. The van der Waals surface area contributed by atoms with Gasteiger partial charge in [0.2, 0.25) is 6.79 Å². The van der Waals surface area contributed by atoms with Crippen LogP contribution in [0.5, 0.6) is 23.0 Å². The Morgan fingerprint density at radius 3 is 1.50 bits per heavy atom. The van der Waals surface area contributed by atoms with E-state index < -0.39 is 6.10 Å².